The molecule has 32 heavy (non-hydrogen) atoms. The molecule has 0 saturated carbocycles. The molecule has 170 valence electrons. The van der Waals surface area contributed by atoms with Crippen molar-refractivity contribution in [1.82, 2.24) is 19.8 Å². The highest BCUT2D eigenvalue weighted by Gasteiger charge is 2.17. The quantitative estimate of drug-likeness (QED) is 0.411. The van der Waals surface area contributed by atoms with Crippen LogP contribution in [0.3, 0.4) is 0 Å². The van der Waals surface area contributed by atoms with Gasteiger partial charge in [0, 0.05) is 42.5 Å². The van der Waals surface area contributed by atoms with E-state index in [4.69, 9.17) is 51.4 Å². The molecule has 2 heterocycles. The monoisotopic (exact) mass is 512 g/mol. The Morgan fingerprint density at radius 2 is 1.66 bits per heavy atom. The average Bonchev–Trinajstić information content (AvgIpc) is 3.38. The van der Waals surface area contributed by atoms with Crippen LogP contribution in [0.15, 0.2) is 30.3 Å². The van der Waals surface area contributed by atoms with Crippen LogP contribution in [0, 0.1) is 0 Å². The van der Waals surface area contributed by atoms with Crippen molar-refractivity contribution in [3.63, 3.8) is 0 Å². The SMILES string of the molecule is O=C(CCn1c(Cc2c(Cl)cccc2Cl)nc2cc(Cl)c(Cl)cc21)NCCN1CCCC1. The lowest BCUT2D eigenvalue weighted by Crippen LogP contribution is -2.33. The number of fused-ring (bicyclic) bond motifs is 1. The highest BCUT2D eigenvalue weighted by Crippen LogP contribution is 2.31. The van der Waals surface area contributed by atoms with Gasteiger partial charge >= 0.3 is 0 Å². The first-order chi connectivity index (χ1) is 15.4. The predicted octanol–water partition coefficient (Wildman–Crippen LogP) is 5.84. The molecule has 0 aliphatic carbocycles. The second kappa shape index (κ2) is 10.6. The van der Waals surface area contributed by atoms with E-state index in [9.17, 15) is 4.79 Å². The van der Waals surface area contributed by atoms with Crippen LogP contribution in [0.5, 0.6) is 0 Å². The molecular weight excluding hydrogens is 490 g/mol. The van der Waals surface area contributed by atoms with Gasteiger partial charge in [-0.05, 0) is 55.8 Å². The van der Waals surface area contributed by atoms with E-state index in [2.05, 4.69) is 10.2 Å². The van der Waals surface area contributed by atoms with Crippen molar-refractivity contribution in [2.45, 2.75) is 32.2 Å². The van der Waals surface area contributed by atoms with Gasteiger partial charge in [-0.15, -0.1) is 0 Å². The number of hydrogen-bond acceptors (Lipinski definition) is 3. The van der Waals surface area contributed by atoms with Gasteiger partial charge in [0.2, 0.25) is 5.91 Å². The van der Waals surface area contributed by atoms with Gasteiger partial charge in [-0.25, -0.2) is 4.98 Å². The van der Waals surface area contributed by atoms with Crippen molar-refractivity contribution in [2.75, 3.05) is 26.2 Å². The lowest BCUT2D eigenvalue weighted by atomic mass is 10.1. The van der Waals surface area contributed by atoms with Gasteiger partial charge in [-0.2, -0.15) is 0 Å². The van der Waals surface area contributed by atoms with Gasteiger partial charge in [-0.3, -0.25) is 4.79 Å². The van der Waals surface area contributed by atoms with E-state index < -0.39 is 0 Å². The van der Waals surface area contributed by atoms with E-state index >= 15 is 0 Å². The number of rotatable bonds is 8. The molecule has 0 radical (unpaired) electrons. The first kappa shape index (κ1) is 23.7. The molecule has 1 aromatic heterocycles. The van der Waals surface area contributed by atoms with Crippen LogP contribution in [-0.4, -0.2) is 46.5 Å². The van der Waals surface area contributed by atoms with Gasteiger partial charge in [0.1, 0.15) is 5.82 Å². The summed E-state index contributed by atoms with van der Waals surface area (Å²) in [5.74, 6) is 0.756. The summed E-state index contributed by atoms with van der Waals surface area (Å²) in [6.07, 6.45) is 3.24. The summed E-state index contributed by atoms with van der Waals surface area (Å²) < 4.78 is 2.00. The van der Waals surface area contributed by atoms with Crippen molar-refractivity contribution in [2.24, 2.45) is 0 Å². The smallest absolute Gasteiger partial charge is 0.221 e. The van der Waals surface area contributed by atoms with Crippen LogP contribution in [0.2, 0.25) is 20.1 Å². The van der Waals surface area contributed by atoms with E-state index in [1.165, 1.54) is 12.8 Å². The molecule has 9 heteroatoms. The number of imidazole rings is 1. The zero-order chi connectivity index (χ0) is 22.7. The molecule has 1 fully saturated rings. The Bertz CT molecular complexity index is 1100. The van der Waals surface area contributed by atoms with E-state index in [0.717, 1.165) is 36.5 Å². The van der Waals surface area contributed by atoms with Crippen LogP contribution in [-0.2, 0) is 17.8 Å². The number of aromatic nitrogens is 2. The standard InChI is InChI=1S/C23H24Cl4N4O/c24-16-4-3-5-17(25)15(16)12-22-29-20-13-18(26)19(27)14-21(20)31(22)10-6-23(32)28-7-11-30-8-1-2-9-30/h3-5,13-14H,1-2,6-12H2,(H,28,32). The number of hydrogen-bond donors (Lipinski definition) is 1. The maximum atomic E-state index is 12.5. The Kier molecular flexibility index (Phi) is 7.85. The second-order valence-electron chi connectivity index (χ2n) is 7.96. The minimum atomic E-state index is 0.00725. The minimum absolute atomic E-state index is 0.00725. The van der Waals surface area contributed by atoms with E-state index in [-0.39, 0.29) is 5.91 Å². The Balaban J connectivity index is 1.52. The summed E-state index contributed by atoms with van der Waals surface area (Å²) in [7, 11) is 0. The third-order valence-electron chi connectivity index (χ3n) is 5.78. The average molecular weight is 514 g/mol. The molecule has 0 atom stereocenters. The molecule has 0 unspecified atom stereocenters. The number of halogens is 4. The molecule has 1 saturated heterocycles. The zero-order valence-electron chi connectivity index (χ0n) is 17.5. The number of nitrogens with one attached hydrogen (secondary N) is 1. The summed E-state index contributed by atoms with van der Waals surface area (Å²) in [5.41, 5.74) is 2.33. The Morgan fingerprint density at radius 1 is 0.969 bits per heavy atom. The largest absolute Gasteiger partial charge is 0.355 e. The maximum Gasteiger partial charge on any atom is 0.221 e. The number of nitrogens with zero attached hydrogens (tertiary/aromatic N) is 3. The van der Waals surface area contributed by atoms with Crippen LogP contribution >= 0.6 is 46.4 Å². The van der Waals surface area contributed by atoms with Crippen molar-refractivity contribution < 1.29 is 4.79 Å². The van der Waals surface area contributed by atoms with Gasteiger partial charge in [0.15, 0.2) is 0 Å². The van der Waals surface area contributed by atoms with E-state index in [1.807, 2.05) is 10.6 Å². The molecule has 1 aliphatic rings. The van der Waals surface area contributed by atoms with E-state index in [0.29, 0.717) is 51.5 Å². The summed E-state index contributed by atoms with van der Waals surface area (Å²) in [5, 5.41) is 5.05. The Morgan fingerprint density at radius 3 is 2.38 bits per heavy atom. The fourth-order valence-corrected chi connectivity index (χ4v) is 4.92. The third-order valence-corrected chi connectivity index (χ3v) is 7.21. The topological polar surface area (TPSA) is 50.2 Å². The summed E-state index contributed by atoms with van der Waals surface area (Å²) >= 11 is 25.3. The minimum Gasteiger partial charge on any atom is -0.355 e. The van der Waals surface area contributed by atoms with Crippen LogP contribution in [0.4, 0.5) is 0 Å². The number of aryl methyl sites for hydroxylation is 1. The highest BCUT2D eigenvalue weighted by molar-refractivity contribution is 6.42. The highest BCUT2D eigenvalue weighted by atomic mass is 35.5. The van der Waals surface area contributed by atoms with Crippen LogP contribution < -0.4 is 5.32 Å². The number of carbonyl (C=O) groups is 1. The fourth-order valence-electron chi connectivity index (χ4n) is 4.08. The predicted molar refractivity (Wildman–Crippen MR) is 132 cm³/mol. The Hall–Kier alpha value is -1.50. The molecule has 0 bridgehead atoms. The molecular formula is C23H24Cl4N4O. The number of benzene rings is 2. The molecule has 0 spiro atoms. The van der Waals surface area contributed by atoms with Crippen molar-refractivity contribution in [3.8, 4) is 0 Å². The lowest BCUT2D eigenvalue weighted by molar-refractivity contribution is -0.121. The lowest BCUT2D eigenvalue weighted by Gasteiger charge is -2.15. The maximum absolute atomic E-state index is 12.5. The van der Waals surface area contributed by atoms with Crippen LogP contribution in [0.1, 0.15) is 30.7 Å². The molecule has 3 aromatic rings. The van der Waals surface area contributed by atoms with Crippen LogP contribution in [0.25, 0.3) is 11.0 Å². The molecule has 4 rings (SSSR count). The third kappa shape index (κ3) is 5.52. The first-order valence-corrected chi connectivity index (χ1v) is 12.2. The van der Waals surface area contributed by atoms with Gasteiger partial charge in [-0.1, -0.05) is 52.5 Å². The molecule has 2 aromatic carbocycles. The van der Waals surface area contributed by atoms with Gasteiger partial charge in [0.25, 0.3) is 0 Å². The molecule has 5 nitrogen and oxygen atoms in total. The fraction of sp³-hybridized carbons (Fsp3) is 0.391. The zero-order valence-corrected chi connectivity index (χ0v) is 20.5. The Labute approximate surface area is 207 Å². The molecule has 1 amide bonds. The normalized spacial score (nSPS) is 14.4. The summed E-state index contributed by atoms with van der Waals surface area (Å²) in [4.78, 5) is 19.6. The van der Waals surface area contributed by atoms with Crippen molar-refractivity contribution in [1.29, 1.82) is 0 Å². The molecule has 1 N–H and O–H groups in total. The molecule has 1 aliphatic heterocycles. The summed E-state index contributed by atoms with van der Waals surface area (Å²) in [6.45, 7) is 4.25. The van der Waals surface area contributed by atoms with Crippen molar-refractivity contribution >= 4 is 63.3 Å². The van der Waals surface area contributed by atoms with Crippen molar-refractivity contribution in [3.05, 3.63) is 61.8 Å². The van der Waals surface area contributed by atoms with Gasteiger partial charge < -0.3 is 14.8 Å². The number of carbonyl (C=O) groups excluding carboxylic acids is 1. The van der Waals surface area contributed by atoms with Gasteiger partial charge in [0.05, 0.1) is 21.1 Å². The number of likely N-dealkylation sites (tertiary alicyclic amines) is 1. The number of amides is 1. The first-order valence-electron chi connectivity index (χ1n) is 10.7. The second-order valence-corrected chi connectivity index (χ2v) is 9.59. The summed E-state index contributed by atoms with van der Waals surface area (Å²) in [6, 6.07) is 8.94. The van der Waals surface area contributed by atoms with E-state index in [1.54, 1.807) is 24.3 Å².